The van der Waals surface area contributed by atoms with Crippen LogP contribution in [-0.4, -0.2) is 27.1 Å². The van der Waals surface area contributed by atoms with Crippen LogP contribution in [0, 0.1) is 0 Å². The molecule has 0 aliphatic carbocycles. The number of aromatic nitrogens is 3. The zero-order valence-corrected chi connectivity index (χ0v) is 11.1. The lowest BCUT2D eigenvalue weighted by Crippen LogP contribution is -2.00. The van der Waals surface area contributed by atoms with Gasteiger partial charge in [-0.3, -0.25) is 0 Å². The van der Waals surface area contributed by atoms with Gasteiger partial charge in [0.2, 0.25) is 0 Å². The van der Waals surface area contributed by atoms with E-state index in [1.807, 2.05) is 30.3 Å². The summed E-state index contributed by atoms with van der Waals surface area (Å²) in [6.07, 6.45) is 4.93. The van der Waals surface area contributed by atoms with E-state index in [1.54, 1.807) is 11.0 Å². The molecular weight excluding hydrogens is 246 g/mol. The third kappa shape index (κ3) is 3.77. The fraction of sp³-hybridized carbons (Fsp3) is 0.385. The molecule has 0 atom stereocenters. The van der Waals surface area contributed by atoms with Gasteiger partial charge in [-0.2, -0.15) is 17.6 Å². The molecule has 1 heterocycles. The zero-order chi connectivity index (χ0) is 12.6. The highest BCUT2D eigenvalue weighted by molar-refractivity contribution is 7.80. The largest absolute Gasteiger partial charge is 0.462 e. The summed E-state index contributed by atoms with van der Waals surface area (Å²) in [6.45, 7) is 0.659. The van der Waals surface area contributed by atoms with Gasteiger partial charge in [0, 0.05) is 0 Å². The van der Waals surface area contributed by atoms with E-state index in [1.165, 1.54) is 0 Å². The Morgan fingerprint density at radius 1 is 1.11 bits per heavy atom. The molecule has 0 amide bonds. The van der Waals surface area contributed by atoms with Gasteiger partial charge in [-0.25, -0.2) is 4.68 Å². The van der Waals surface area contributed by atoms with E-state index >= 15 is 0 Å². The van der Waals surface area contributed by atoms with Gasteiger partial charge in [0.15, 0.2) is 0 Å². The first-order valence-electron chi connectivity index (χ1n) is 6.11. The second-order valence-electron chi connectivity index (χ2n) is 3.94. The molecule has 2 rings (SSSR count). The molecule has 0 N–H and O–H groups in total. The Balaban J connectivity index is 1.83. The number of rotatable bonds is 7. The van der Waals surface area contributed by atoms with Crippen molar-refractivity contribution in [2.75, 3.05) is 12.4 Å². The molecule has 0 fully saturated rings. The van der Waals surface area contributed by atoms with E-state index in [4.69, 9.17) is 4.74 Å². The monoisotopic (exact) mass is 263 g/mol. The van der Waals surface area contributed by atoms with Crippen molar-refractivity contribution in [1.29, 1.82) is 0 Å². The number of hydrogen-bond acceptors (Lipinski definition) is 4. The number of para-hydroxylation sites is 1. The highest BCUT2D eigenvalue weighted by Gasteiger charge is 2.02. The van der Waals surface area contributed by atoms with Crippen LogP contribution < -0.4 is 4.74 Å². The molecular formula is C13H17N3OS. The average molecular weight is 263 g/mol. The molecule has 96 valence electrons. The van der Waals surface area contributed by atoms with Crippen molar-refractivity contribution in [1.82, 2.24) is 14.8 Å². The first kappa shape index (κ1) is 13.0. The van der Waals surface area contributed by atoms with E-state index in [-0.39, 0.29) is 0 Å². The summed E-state index contributed by atoms with van der Waals surface area (Å²) < 4.78 is 7.20. The van der Waals surface area contributed by atoms with Gasteiger partial charge < -0.3 is 4.74 Å². The maximum atomic E-state index is 5.49. The third-order valence-corrected chi connectivity index (χ3v) is 2.84. The molecule has 0 saturated carbocycles. The highest BCUT2D eigenvalue weighted by atomic mass is 32.1. The van der Waals surface area contributed by atoms with Crippen LogP contribution in [0.1, 0.15) is 19.3 Å². The molecule has 0 spiro atoms. The number of hydrogen-bond donors (Lipinski definition) is 1. The molecule has 0 radical (unpaired) electrons. The van der Waals surface area contributed by atoms with Crippen LogP contribution in [0.2, 0.25) is 0 Å². The summed E-state index contributed by atoms with van der Waals surface area (Å²) >= 11 is 4.17. The summed E-state index contributed by atoms with van der Waals surface area (Å²) in [5.74, 6) is 0.931. The molecule has 0 saturated heterocycles. The molecule has 0 bridgehead atoms. The van der Waals surface area contributed by atoms with Crippen LogP contribution in [0.5, 0.6) is 6.01 Å². The van der Waals surface area contributed by atoms with Crippen LogP contribution in [0.4, 0.5) is 0 Å². The number of nitrogens with zero attached hydrogens (tertiary/aromatic N) is 3. The fourth-order valence-electron chi connectivity index (χ4n) is 1.57. The number of ether oxygens (including phenoxy) is 1. The molecule has 5 heteroatoms. The molecule has 0 aliphatic heterocycles. The Kier molecular flexibility index (Phi) is 5.08. The van der Waals surface area contributed by atoms with Crippen LogP contribution in [-0.2, 0) is 0 Å². The minimum absolute atomic E-state index is 0.435. The van der Waals surface area contributed by atoms with Crippen molar-refractivity contribution in [3.8, 4) is 11.7 Å². The van der Waals surface area contributed by atoms with Crippen LogP contribution in [0.25, 0.3) is 5.69 Å². The van der Waals surface area contributed by atoms with E-state index in [0.29, 0.717) is 12.6 Å². The van der Waals surface area contributed by atoms with Crippen molar-refractivity contribution in [2.45, 2.75) is 19.3 Å². The Morgan fingerprint density at radius 2 is 1.94 bits per heavy atom. The van der Waals surface area contributed by atoms with E-state index in [2.05, 4.69) is 22.7 Å². The lowest BCUT2D eigenvalue weighted by molar-refractivity contribution is 0.283. The Labute approximate surface area is 112 Å². The first-order chi connectivity index (χ1) is 8.90. The molecule has 4 nitrogen and oxygen atoms in total. The van der Waals surface area contributed by atoms with Gasteiger partial charge in [-0.15, -0.1) is 5.10 Å². The smallest absolute Gasteiger partial charge is 0.335 e. The highest BCUT2D eigenvalue weighted by Crippen LogP contribution is 2.08. The number of unbranched alkanes of at least 4 members (excludes halogenated alkanes) is 2. The Hall–Kier alpha value is -1.49. The summed E-state index contributed by atoms with van der Waals surface area (Å²) in [5, 5.41) is 4.27. The third-order valence-electron chi connectivity index (χ3n) is 2.53. The van der Waals surface area contributed by atoms with Gasteiger partial charge in [-0.1, -0.05) is 18.2 Å². The molecule has 0 unspecified atom stereocenters. The van der Waals surface area contributed by atoms with Crippen LogP contribution in [0.3, 0.4) is 0 Å². The summed E-state index contributed by atoms with van der Waals surface area (Å²) in [4.78, 5) is 4.12. The standard InChI is InChI=1S/C13H17N3OS/c18-10-6-2-5-9-17-13-14-11-16(15-13)12-7-3-1-4-8-12/h1,3-4,7-8,11,18H,2,5-6,9-10H2. The Bertz CT molecular complexity index is 458. The SMILES string of the molecule is SCCCCCOc1ncn(-c2ccccc2)n1. The minimum atomic E-state index is 0.435. The lowest BCUT2D eigenvalue weighted by atomic mass is 10.3. The molecule has 2 aromatic rings. The topological polar surface area (TPSA) is 39.9 Å². The van der Waals surface area contributed by atoms with Crippen LogP contribution in [0.15, 0.2) is 36.7 Å². The van der Waals surface area contributed by atoms with E-state index in [0.717, 1.165) is 30.7 Å². The predicted molar refractivity (Wildman–Crippen MR) is 74.6 cm³/mol. The maximum Gasteiger partial charge on any atom is 0.335 e. The van der Waals surface area contributed by atoms with Crippen LogP contribution >= 0.6 is 12.6 Å². The average Bonchev–Trinajstić information content (AvgIpc) is 2.88. The second-order valence-corrected chi connectivity index (χ2v) is 4.39. The van der Waals surface area contributed by atoms with E-state index in [9.17, 15) is 0 Å². The molecule has 18 heavy (non-hydrogen) atoms. The molecule has 1 aromatic carbocycles. The van der Waals surface area contributed by atoms with Gasteiger partial charge in [0.05, 0.1) is 12.3 Å². The van der Waals surface area contributed by atoms with E-state index < -0.39 is 0 Å². The van der Waals surface area contributed by atoms with Crippen molar-refractivity contribution in [2.24, 2.45) is 0 Å². The van der Waals surface area contributed by atoms with Crippen molar-refractivity contribution >= 4 is 12.6 Å². The van der Waals surface area contributed by atoms with Gasteiger partial charge in [0.1, 0.15) is 6.33 Å². The Morgan fingerprint density at radius 3 is 2.72 bits per heavy atom. The quantitative estimate of drug-likeness (QED) is 0.617. The fourth-order valence-corrected chi connectivity index (χ4v) is 1.80. The number of thiol groups is 1. The van der Waals surface area contributed by atoms with Gasteiger partial charge in [-0.05, 0) is 37.1 Å². The predicted octanol–water partition coefficient (Wildman–Crippen LogP) is 2.75. The normalized spacial score (nSPS) is 10.5. The summed E-state index contributed by atoms with van der Waals surface area (Å²) in [5.41, 5.74) is 0.981. The van der Waals surface area contributed by atoms with Crippen molar-refractivity contribution in [3.63, 3.8) is 0 Å². The molecule has 0 aliphatic rings. The molecule has 1 aromatic heterocycles. The minimum Gasteiger partial charge on any atom is -0.462 e. The van der Waals surface area contributed by atoms with Crippen molar-refractivity contribution < 1.29 is 4.74 Å². The first-order valence-corrected chi connectivity index (χ1v) is 6.74. The number of benzene rings is 1. The van der Waals surface area contributed by atoms with Gasteiger partial charge in [0.25, 0.3) is 0 Å². The summed E-state index contributed by atoms with van der Waals surface area (Å²) in [6, 6.07) is 10.3. The zero-order valence-electron chi connectivity index (χ0n) is 10.2. The lowest BCUT2D eigenvalue weighted by Gasteiger charge is -2.01. The maximum absolute atomic E-state index is 5.49. The summed E-state index contributed by atoms with van der Waals surface area (Å²) in [7, 11) is 0. The second kappa shape index (κ2) is 7.06. The van der Waals surface area contributed by atoms with Gasteiger partial charge >= 0.3 is 6.01 Å². The van der Waals surface area contributed by atoms with Crippen molar-refractivity contribution in [3.05, 3.63) is 36.7 Å².